The minimum Gasteiger partial charge on any atom is -0.313 e. The Morgan fingerprint density at radius 2 is 1.66 bits per heavy atom. The fraction of sp³-hybridized carbons (Fsp3) is 0.348. The molecule has 4 aliphatic rings. The van der Waals surface area contributed by atoms with Crippen LogP contribution in [0.4, 0.5) is 11.4 Å². The van der Waals surface area contributed by atoms with Gasteiger partial charge in [0.25, 0.3) is 5.91 Å². The molecule has 0 aliphatic carbocycles. The van der Waals surface area contributed by atoms with Crippen LogP contribution >= 0.6 is 0 Å². The predicted molar refractivity (Wildman–Crippen MR) is 107 cm³/mol. The maximum absolute atomic E-state index is 13.8. The molecule has 3 fully saturated rings. The Balaban J connectivity index is 1.59. The maximum atomic E-state index is 13.8. The average molecular weight is 387 g/mol. The van der Waals surface area contributed by atoms with E-state index in [1.807, 2.05) is 42.5 Å². The summed E-state index contributed by atoms with van der Waals surface area (Å²) >= 11 is 0. The summed E-state index contributed by atoms with van der Waals surface area (Å²) in [5, 5.41) is 0. The zero-order chi connectivity index (χ0) is 19.9. The van der Waals surface area contributed by atoms with Crippen molar-refractivity contribution in [2.24, 2.45) is 11.8 Å². The number of hydrogen-bond donors (Lipinski definition) is 0. The molecule has 1 spiro atoms. The molecular weight excluding hydrogens is 366 g/mol. The van der Waals surface area contributed by atoms with Crippen LogP contribution in [0.15, 0.2) is 54.6 Å². The third kappa shape index (κ3) is 1.79. The van der Waals surface area contributed by atoms with Gasteiger partial charge in [-0.2, -0.15) is 0 Å². The smallest absolute Gasteiger partial charge is 0.252 e. The number of anilines is 2. The zero-order valence-corrected chi connectivity index (χ0v) is 16.1. The number of carbonyl (C=O) groups excluding carboxylic acids is 3. The van der Waals surface area contributed by atoms with E-state index < -0.39 is 17.4 Å². The molecule has 4 heterocycles. The fourth-order valence-electron chi connectivity index (χ4n) is 6.28. The number of likely N-dealkylation sites (N-methyl/N-ethyl adjacent to an activating group) is 1. The number of nitrogens with zero attached hydrogens (tertiary/aromatic N) is 3. The summed E-state index contributed by atoms with van der Waals surface area (Å²) in [6.07, 6.45) is 1.77. The number of amides is 3. The van der Waals surface area contributed by atoms with Crippen molar-refractivity contribution >= 4 is 29.1 Å². The van der Waals surface area contributed by atoms with Gasteiger partial charge in [-0.15, -0.1) is 0 Å². The van der Waals surface area contributed by atoms with Gasteiger partial charge in [0.15, 0.2) is 0 Å². The lowest BCUT2D eigenvalue weighted by molar-refractivity contribution is -0.136. The van der Waals surface area contributed by atoms with Gasteiger partial charge in [0.2, 0.25) is 11.8 Å². The van der Waals surface area contributed by atoms with Crippen LogP contribution in [0.25, 0.3) is 0 Å². The number of rotatable bonds is 1. The Morgan fingerprint density at radius 1 is 0.931 bits per heavy atom. The van der Waals surface area contributed by atoms with Gasteiger partial charge in [-0.3, -0.25) is 19.3 Å². The number of carbonyl (C=O) groups is 3. The molecule has 3 amide bonds. The van der Waals surface area contributed by atoms with Crippen LogP contribution in [0.1, 0.15) is 18.4 Å². The van der Waals surface area contributed by atoms with Crippen molar-refractivity contribution < 1.29 is 14.4 Å². The van der Waals surface area contributed by atoms with Crippen molar-refractivity contribution in [1.82, 2.24) is 4.90 Å². The Hall–Kier alpha value is -2.99. The molecule has 4 aliphatic heterocycles. The van der Waals surface area contributed by atoms with Gasteiger partial charge in [-0.25, -0.2) is 4.90 Å². The highest BCUT2D eigenvalue weighted by molar-refractivity contribution is 6.26. The van der Waals surface area contributed by atoms with Gasteiger partial charge < -0.3 is 4.90 Å². The van der Waals surface area contributed by atoms with E-state index >= 15 is 0 Å². The first-order valence-electron chi connectivity index (χ1n) is 10.2. The second-order valence-corrected chi connectivity index (χ2v) is 8.40. The number of benzene rings is 2. The summed E-state index contributed by atoms with van der Waals surface area (Å²) in [4.78, 5) is 46.2. The Bertz CT molecular complexity index is 1070. The standard InChI is InChI=1S/C23H21N3O3/c1-24-16-11-6-5-10-15(16)23(22(24)29)19-18(17-12-7-13-25(17)23)20(27)26(21(19)28)14-8-3-2-4-9-14/h2-6,8-11,17-19H,7,12-13H2,1H3. The van der Waals surface area contributed by atoms with Crippen molar-refractivity contribution in [1.29, 1.82) is 0 Å². The molecule has 4 atom stereocenters. The second-order valence-electron chi connectivity index (χ2n) is 8.40. The van der Waals surface area contributed by atoms with Gasteiger partial charge in [0.1, 0.15) is 5.54 Å². The molecule has 0 N–H and O–H groups in total. The summed E-state index contributed by atoms with van der Waals surface area (Å²) in [7, 11) is 1.77. The summed E-state index contributed by atoms with van der Waals surface area (Å²) < 4.78 is 0. The molecule has 0 saturated carbocycles. The molecule has 6 nitrogen and oxygen atoms in total. The van der Waals surface area contributed by atoms with E-state index in [1.165, 1.54) is 4.90 Å². The normalized spacial score (nSPS) is 33.0. The molecule has 4 unspecified atom stereocenters. The predicted octanol–water partition coefficient (Wildman–Crippen LogP) is 2.14. The highest BCUT2D eigenvalue weighted by Gasteiger charge is 2.75. The van der Waals surface area contributed by atoms with E-state index in [4.69, 9.17) is 0 Å². The van der Waals surface area contributed by atoms with E-state index in [-0.39, 0.29) is 23.8 Å². The molecule has 0 bridgehead atoms. The van der Waals surface area contributed by atoms with Gasteiger partial charge >= 0.3 is 0 Å². The molecule has 146 valence electrons. The summed E-state index contributed by atoms with van der Waals surface area (Å²) in [5.74, 6) is -1.67. The molecule has 29 heavy (non-hydrogen) atoms. The number of para-hydroxylation sites is 2. The highest BCUT2D eigenvalue weighted by Crippen LogP contribution is 2.61. The lowest BCUT2D eigenvalue weighted by Crippen LogP contribution is -2.55. The number of imide groups is 1. The average Bonchev–Trinajstić information content (AvgIpc) is 3.43. The van der Waals surface area contributed by atoms with Gasteiger partial charge in [-0.05, 0) is 37.6 Å². The molecule has 2 aromatic carbocycles. The van der Waals surface area contributed by atoms with Crippen LogP contribution in [0.3, 0.4) is 0 Å². The quantitative estimate of drug-likeness (QED) is 0.704. The zero-order valence-electron chi connectivity index (χ0n) is 16.1. The van der Waals surface area contributed by atoms with Crippen LogP contribution in [-0.2, 0) is 19.9 Å². The first kappa shape index (κ1) is 16.9. The third-order valence-corrected chi connectivity index (χ3v) is 7.29. The third-order valence-electron chi connectivity index (χ3n) is 7.29. The van der Waals surface area contributed by atoms with Crippen LogP contribution in [0.2, 0.25) is 0 Å². The first-order valence-corrected chi connectivity index (χ1v) is 10.2. The SMILES string of the molecule is CN1C(=O)C2(c3ccccc31)C1C(=O)N(c3ccccc3)C(=O)C1C1CCCN12. The summed E-state index contributed by atoms with van der Waals surface area (Å²) in [5.41, 5.74) is 1.21. The van der Waals surface area contributed by atoms with Crippen molar-refractivity contribution in [3.8, 4) is 0 Å². The van der Waals surface area contributed by atoms with Gasteiger partial charge in [-0.1, -0.05) is 36.4 Å². The Kier molecular flexibility index (Phi) is 3.23. The largest absolute Gasteiger partial charge is 0.313 e. The van der Waals surface area contributed by atoms with Crippen LogP contribution in [0, 0.1) is 11.8 Å². The topological polar surface area (TPSA) is 60.9 Å². The molecule has 0 radical (unpaired) electrons. The van der Waals surface area contributed by atoms with Crippen molar-refractivity contribution in [2.75, 3.05) is 23.4 Å². The minimum atomic E-state index is -1.08. The van der Waals surface area contributed by atoms with E-state index in [0.29, 0.717) is 5.69 Å². The molecular formula is C23H21N3O3. The Morgan fingerprint density at radius 3 is 2.45 bits per heavy atom. The molecule has 0 aromatic heterocycles. The molecule has 6 heteroatoms. The fourth-order valence-corrected chi connectivity index (χ4v) is 6.28. The molecule has 6 rings (SSSR count). The number of hydrogen-bond acceptors (Lipinski definition) is 4. The maximum Gasteiger partial charge on any atom is 0.252 e. The van der Waals surface area contributed by atoms with E-state index in [2.05, 4.69) is 4.90 Å². The van der Waals surface area contributed by atoms with Crippen molar-refractivity contribution in [3.63, 3.8) is 0 Å². The lowest BCUT2D eigenvalue weighted by Gasteiger charge is -2.37. The summed E-state index contributed by atoms with van der Waals surface area (Å²) in [6, 6.07) is 16.7. The van der Waals surface area contributed by atoms with Crippen LogP contribution in [-0.4, -0.2) is 42.3 Å². The minimum absolute atomic E-state index is 0.0753. The van der Waals surface area contributed by atoms with Crippen LogP contribution < -0.4 is 9.80 Å². The second kappa shape index (κ2) is 5.54. The first-order chi connectivity index (χ1) is 14.1. The van der Waals surface area contributed by atoms with E-state index in [9.17, 15) is 14.4 Å². The summed E-state index contributed by atoms with van der Waals surface area (Å²) in [6.45, 7) is 0.734. The Labute approximate surface area is 168 Å². The van der Waals surface area contributed by atoms with Crippen molar-refractivity contribution in [3.05, 3.63) is 60.2 Å². The number of fused-ring (bicyclic) bond motifs is 7. The lowest BCUT2D eigenvalue weighted by atomic mass is 9.75. The van der Waals surface area contributed by atoms with Gasteiger partial charge in [0, 0.05) is 24.3 Å². The van der Waals surface area contributed by atoms with Gasteiger partial charge in [0.05, 0.1) is 17.5 Å². The highest BCUT2D eigenvalue weighted by atomic mass is 16.2. The van der Waals surface area contributed by atoms with E-state index in [1.54, 1.807) is 24.1 Å². The van der Waals surface area contributed by atoms with Crippen molar-refractivity contribution in [2.45, 2.75) is 24.4 Å². The monoisotopic (exact) mass is 387 g/mol. The molecule has 2 aromatic rings. The molecule has 3 saturated heterocycles. The van der Waals surface area contributed by atoms with Crippen LogP contribution in [0.5, 0.6) is 0 Å². The van der Waals surface area contributed by atoms with E-state index in [0.717, 1.165) is 30.6 Å².